The van der Waals surface area contributed by atoms with Crippen LogP contribution in [0.5, 0.6) is 11.5 Å². The largest absolute Gasteiger partial charge is 0.454 e. The number of nitrogens with one attached hydrogen (secondary N) is 1. The van der Waals surface area contributed by atoms with Gasteiger partial charge in [-0.15, -0.1) is 0 Å². The fourth-order valence-electron chi connectivity index (χ4n) is 3.19. The first-order valence-corrected chi connectivity index (χ1v) is 8.57. The second-order valence-corrected chi connectivity index (χ2v) is 7.46. The maximum Gasteiger partial charge on any atom is 0.406 e. The van der Waals surface area contributed by atoms with E-state index in [4.69, 9.17) is 9.47 Å². The highest BCUT2D eigenvalue weighted by Crippen LogP contribution is 2.36. The summed E-state index contributed by atoms with van der Waals surface area (Å²) < 4.78 is 48.1. The van der Waals surface area contributed by atoms with E-state index >= 15 is 0 Å². The van der Waals surface area contributed by atoms with Gasteiger partial charge in [0.15, 0.2) is 11.5 Å². The van der Waals surface area contributed by atoms with Gasteiger partial charge >= 0.3 is 6.18 Å². The molecule has 2 heterocycles. The Bertz CT molecular complexity index is 749. The summed E-state index contributed by atoms with van der Waals surface area (Å²) in [6.07, 6.45) is -4.67. The summed E-state index contributed by atoms with van der Waals surface area (Å²) >= 11 is 0. The number of hydrogen-bond donors (Lipinski definition) is 1. The molecule has 1 aromatic rings. The Morgan fingerprint density at radius 1 is 1.26 bits per heavy atom. The van der Waals surface area contributed by atoms with Crippen LogP contribution in [-0.4, -0.2) is 49.3 Å². The van der Waals surface area contributed by atoms with Crippen LogP contribution < -0.4 is 14.8 Å². The van der Waals surface area contributed by atoms with Gasteiger partial charge in [-0.3, -0.25) is 9.59 Å². The molecule has 3 rings (SSSR count). The van der Waals surface area contributed by atoms with Gasteiger partial charge < -0.3 is 19.7 Å². The van der Waals surface area contributed by atoms with Crippen molar-refractivity contribution in [3.63, 3.8) is 0 Å². The number of hydrogen-bond acceptors (Lipinski definition) is 4. The van der Waals surface area contributed by atoms with Crippen molar-refractivity contribution in [1.82, 2.24) is 10.2 Å². The number of rotatable bonds is 5. The lowest BCUT2D eigenvalue weighted by Gasteiger charge is -2.26. The van der Waals surface area contributed by atoms with E-state index in [0.717, 1.165) is 5.56 Å². The van der Waals surface area contributed by atoms with Gasteiger partial charge in [-0.05, 0) is 17.7 Å². The molecule has 0 saturated carbocycles. The van der Waals surface area contributed by atoms with E-state index in [1.165, 1.54) is 0 Å². The van der Waals surface area contributed by atoms with Crippen molar-refractivity contribution in [2.24, 2.45) is 5.92 Å². The smallest absolute Gasteiger partial charge is 0.406 e. The number of alkyl halides is 3. The topological polar surface area (TPSA) is 67.9 Å². The fourth-order valence-corrected chi connectivity index (χ4v) is 3.19. The maximum atomic E-state index is 12.5. The lowest BCUT2D eigenvalue weighted by atomic mass is 9.84. The SMILES string of the molecule is CC(C)(CNC(=O)C1CC(=O)N(CC(F)(F)F)C1)c1ccc2c(c1)OCO2. The highest BCUT2D eigenvalue weighted by atomic mass is 19.4. The molecule has 1 atom stereocenters. The number of amides is 2. The van der Waals surface area contributed by atoms with Crippen LogP contribution in [0.25, 0.3) is 0 Å². The van der Waals surface area contributed by atoms with Gasteiger partial charge in [0.25, 0.3) is 0 Å². The van der Waals surface area contributed by atoms with Crippen molar-refractivity contribution in [3.05, 3.63) is 23.8 Å². The van der Waals surface area contributed by atoms with Crippen molar-refractivity contribution in [2.75, 3.05) is 26.4 Å². The molecule has 2 amide bonds. The van der Waals surface area contributed by atoms with Gasteiger partial charge in [0.1, 0.15) is 6.54 Å². The minimum atomic E-state index is -4.47. The van der Waals surface area contributed by atoms with E-state index in [2.05, 4.69) is 5.32 Å². The quantitative estimate of drug-likeness (QED) is 0.843. The van der Waals surface area contributed by atoms with Crippen LogP contribution in [0.4, 0.5) is 13.2 Å². The molecule has 0 radical (unpaired) electrons. The zero-order chi connectivity index (χ0) is 19.8. The molecule has 148 valence electrons. The summed E-state index contributed by atoms with van der Waals surface area (Å²) in [6.45, 7) is 2.77. The van der Waals surface area contributed by atoms with Crippen molar-refractivity contribution in [2.45, 2.75) is 31.9 Å². The summed E-state index contributed by atoms with van der Waals surface area (Å²) in [7, 11) is 0. The molecule has 0 aliphatic carbocycles. The molecule has 6 nitrogen and oxygen atoms in total. The molecule has 27 heavy (non-hydrogen) atoms. The number of halogens is 3. The second-order valence-electron chi connectivity index (χ2n) is 7.46. The van der Waals surface area contributed by atoms with Gasteiger partial charge in [-0.2, -0.15) is 13.2 Å². The molecule has 2 aliphatic heterocycles. The first-order valence-electron chi connectivity index (χ1n) is 8.57. The third kappa shape index (κ3) is 4.45. The number of ether oxygens (including phenoxy) is 2. The molecule has 0 aromatic heterocycles. The molecular weight excluding hydrogens is 365 g/mol. The first-order chi connectivity index (χ1) is 12.5. The Kier molecular flexibility index (Phi) is 4.96. The Morgan fingerprint density at radius 2 is 1.96 bits per heavy atom. The average molecular weight is 386 g/mol. The highest BCUT2D eigenvalue weighted by Gasteiger charge is 2.40. The molecule has 0 bridgehead atoms. The number of nitrogens with zero attached hydrogens (tertiary/aromatic N) is 1. The highest BCUT2D eigenvalue weighted by molar-refractivity contribution is 5.89. The van der Waals surface area contributed by atoms with Crippen LogP contribution in [-0.2, 0) is 15.0 Å². The van der Waals surface area contributed by atoms with E-state index in [-0.39, 0.29) is 26.3 Å². The zero-order valence-electron chi connectivity index (χ0n) is 15.1. The lowest BCUT2D eigenvalue weighted by molar-refractivity contribution is -0.157. The fraction of sp³-hybridized carbons (Fsp3) is 0.556. The monoisotopic (exact) mass is 386 g/mol. The Morgan fingerprint density at radius 3 is 2.67 bits per heavy atom. The standard InChI is InChI=1S/C18H21F3N2O4/c1-17(2,12-3-4-13-14(6-12)27-10-26-13)8-22-16(25)11-5-15(24)23(7-11)9-18(19,20)21/h3-4,6,11H,5,7-10H2,1-2H3,(H,22,25). The van der Waals surface area contributed by atoms with E-state index in [0.29, 0.717) is 16.4 Å². The van der Waals surface area contributed by atoms with E-state index < -0.39 is 35.9 Å². The van der Waals surface area contributed by atoms with Gasteiger partial charge in [0, 0.05) is 24.9 Å². The maximum absolute atomic E-state index is 12.5. The van der Waals surface area contributed by atoms with Crippen LogP contribution >= 0.6 is 0 Å². The van der Waals surface area contributed by atoms with Gasteiger partial charge in [-0.25, -0.2) is 0 Å². The van der Waals surface area contributed by atoms with Crippen LogP contribution in [0.1, 0.15) is 25.8 Å². The summed E-state index contributed by atoms with van der Waals surface area (Å²) in [5, 5.41) is 2.76. The Labute approximate surface area is 154 Å². The molecule has 1 aromatic carbocycles. The predicted octanol–water partition coefficient (Wildman–Crippen LogP) is 2.22. The van der Waals surface area contributed by atoms with Crippen LogP contribution in [0.15, 0.2) is 18.2 Å². The molecule has 1 N–H and O–H groups in total. The van der Waals surface area contributed by atoms with Gasteiger partial charge in [-0.1, -0.05) is 19.9 Å². The third-order valence-corrected chi connectivity index (χ3v) is 4.81. The van der Waals surface area contributed by atoms with Gasteiger partial charge in [0.05, 0.1) is 5.92 Å². The Balaban J connectivity index is 1.58. The number of fused-ring (bicyclic) bond motifs is 1. The molecule has 1 fully saturated rings. The van der Waals surface area contributed by atoms with Crippen molar-refractivity contribution in [1.29, 1.82) is 0 Å². The summed E-state index contributed by atoms with van der Waals surface area (Å²) in [4.78, 5) is 24.8. The van der Waals surface area contributed by atoms with Crippen molar-refractivity contribution >= 4 is 11.8 Å². The van der Waals surface area contributed by atoms with E-state index in [1.807, 2.05) is 26.0 Å². The first kappa shape index (κ1) is 19.3. The number of benzene rings is 1. The summed E-state index contributed by atoms with van der Waals surface area (Å²) in [6, 6.07) is 5.52. The normalized spacial score (nSPS) is 19.5. The average Bonchev–Trinajstić information content (AvgIpc) is 3.17. The predicted molar refractivity (Wildman–Crippen MR) is 89.3 cm³/mol. The third-order valence-electron chi connectivity index (χ3n) is 4.81. The second kappa shape index (κ2) is 6.94. The minimum absolute atomic E-state index is 0.167. The molecule has 2 aliphatic rings. The van der Waals surface area contributed by atoms with Crippen molar-refractivity contribution < 1.29 is 32.2 Å². The van der Waals surface area contributed by atoms with Crippen LogP contribution in [0.2, 0.25) is 0 Å². The van der Waals surface area contributed by atoms with E-state index in [9.17, 15) is 22.8 Å². The van der Waals surface area contributed by atoms with E-state index in [1.54, 1.807) is 6.07 Å². The van der Waals surface area contributed by atoms with Crippen LogP contribution in [0.3, 0.4) is 0 Å². The van der Waals surface area contributed by atoms with Crippen molar-refractivity contribution in [3.8, 4) is 11.5 Å². The molecular formula is C18H21F3N2O4. The number of carbonyl (C=O) groups excluding carboxylic acids is 2. The number of carbonyl (C=O) groups is 2. The minimum Gasteiger partial charge on any atom is -0.454 e. The van der Waals surface area contributed by atoms with Crippen LogP contribution in [0, 0.1) is 5.92 Å². The summed E-state index contributed by atoms with van der Waals surface area (Å²) in [5.41, 5.74) is 0.485. The molecule has 1 saturated heterocycles. The summed E-state index contributed by atoms with van der Waals surface area (Å²) in [5.74, 6) is -0.541. The zero-order valence-corrected chi connectivity index (χ0v) is 15.1. The van der Waals surface area contributed by atoms with Gasteiger partial charge in [0.2, 0.25) is 18.6 Å². The Hall–Kier alpha value is -2.45. The molecule has 1 unspecified atom stereocenters. The lowest BCUT2D eigenvalue weighted by Crippen LogP contribution is -2.41. The number of likely N-dealkylation sites (tertiary alicyclic amines) is 1. The molecule has 0 spiro atoms. The molecule has 9 heteroatoms.